The van der Waals surface area contributed by atoms with E-state index < -0.39 is 28.9 Å². The van der Waals surface area contributed by atoms with Gasteiger partial charge in [-0.2, -0.15) is 0 Å². The van der Waals surface area contributed by atoms with Gasteiger partial charge in [0, 0.05) is 37.5 Å². The van der Waals surface area contributed by atoms with Crippen molar-refractivity contribution in [3.63, 3.8) is 0 Å². The summed E-state index contributed by atoms with van der Waals surface area (Å²) in [4.78, 5) is 12.2. The SMILES string of the molecule is NC(=O)c1cccc2c1c1ccc(-c3ccc(Cl)cc3Cl)cc1n2Cc1c(F)ccc(F)c1F. The number of rotatable bonds is 4. The Morgan fingerprint density at radius 1 is 0.882 bits per heavy atom. The van der Waals surface area contributed by atoms with E-state index in [4.69, 9.17) is 28.9 Å². The maximum absolute atomic E-state index is 14.6. The molecule has 0 spiro atoms. The predicted octanol–water partition coefficient (Wildman–Crippen LogP) is 7.33. The van der Waals surface area contributed by atoms with Gasteiger partial charge in [0.15, 0.2) is 11.6 Å². The summed E-state index contributed by atoms with van der Waals surface area (Å²) in [5.41, 5.74) is 7.94. The van der Waals surface area contributed by atoms with Crippen molar-refractivity contribution in [1.29, 1.82) is 0 Å². The molecule has 2 N–H and O–H groups in total. The number of benzene rings is 4. The number of fused-ring (bicyclic) bond motifs is 3. The lowest BCUT2D eigenvalue weighted by molar-refractivity contribution is 0.100. The highest BCUT2D eigenvalue weighted by molar-refractivity contribution is 6.36. The second kappa shape index (κ2) is 8.38. The van der Waals surface area contributed by atoms with Crippen LogP contribution in [0.2, 0.25) is 10.0 Å². The number of primary amides is 1. The second-order valence-electron chi connectivity index (χ2n) is 7.83. The van der Waals surface area contributed by atoms with Crippen LogP contribution >= 0.6 is 23.2 Å². The first kappa shape index (κ1) is 22.3. The van der Waals surface area contributed by atoms with E-state index in [1.165, 1.54) is 0 Å². The molecule has 0 saturated heterocycles. The van der Waals surface area contributed by atoms with Crippen LogP contribution in [0.25, 0.3) is 32.9 Å². The average Bonchev–Trinajstić information content (AvgIpc) is 3.12. The number of hydrogen-bond donors (Lipinski definition) is 1. The quantitative estimate of drug-likeness (QED) is 0.259. The molecule has 170 valence electrons. The lowest BCUT2D eigenvalue weighted by Crippen LogP contribution is -2.11. The van der Waals surface area contributed by atoms with Crippen LogP contribution in [0.1, 0.15) is 15.9 Å². The Kier molecular flexibility index (Phi) is 5.50. The van der Waals surface area contributed by atoms with Gasteiger partial charge in [0.2, 0.25) is 5.91 Å². The molecule has 0 fully saturated rings. The summed E-state index contributed by atoms with van der Waals surface area (Å²) in [5, 5.41) is 2.09. The Labute approximate surface area is 202 Å². The van der Waals surface area contributed by atoms with E-state index >= 15 is 0 Å². The second-order valence-corrected chi connectivity index (χ2v) is 8.67. The van der Waals surface area contributed by atoms with Crippen LogP contribution in [0, 0.1) is 17.5 Å². The molecular formula is C26H15Cl2F3N2O. The summed E-state index contributed by atoms with van der Waals surface area (Å²) in [6.07, 6.45) is 0. The molecule has 8 heteroatoms. The van der Waals surface area contributed by atoms with Crippen LogP contribution in [-0.2, 0) is 6.54 Å². The Hall–Kier alpha value is -3.48. The number of hydrogen-bond acceptors (Lipinski definition) is 1. The zero-order chi connectivity index (χ0) is 24.1. The monoisotopic (exact) mass is 498 g/mol. The maximum Gasteiger partial charge on any atom is 0.249 e. The van der Waals surface area contributed by atoms with E-state index in [1.807, 2.05) is 6.07 Å². The highest BCUT2D eigenvalue weighted by Crippen LogP contribution is 2.37. The third-order valence-corrected chi connectivity index (χ3v) is 6.40. The molecule has 1 aromatic heterocycles. The Morgan fingerprint density at radius 3 is 2.38 bits per heavy atom. The largest absolute Gasteiger partial charge is 0.366 e. The van der Waals surface area contributed by atoms with E-state index in [9.17, 15) is 18.0 Å². The predicted molar refractivity (Wildman–Crippen MR) is 129 cm³/mol. The Morgan fingerprint density at radius 2 is 1.65 bits per heavy atom. The van der Waals surface area contributed by atoms with E-state index in [0.717, 1.165) is 17.7 Å². The van der Waals surface area contributed by atoms with Gasteiger partial charge in [-0.05, 0) is 48.0 Å². The van der Waals surface area contributed by atoms with Crippen LogP contribution in [0.4, 0.5) is 13.2 Å². The number of carbonyl (C=O) groups is 1. The molecule has 0 aliphatic heterocycles. The number of amides is 1. The van der Waals surface area contributed by atoms with Crippen molar-refractivity contribution in [3.05, 3.63) is 105 Å². The lowest BCUT2D eigenvalue weighted by Gasteiger charge is -2.12. The van der Waals surface area contributed by atoms with Gasteiger partial charge in [-0.1, -0.05) is 47.5 Å². The normalized spacial score (nSPS) is 11.4. The summed E-state index contributed by atoms with van der Waals surface area (Å²) in [6.45, 7) is -0.310. The zero-order valence-corrected chi connectivity index (χ0v) is 18.9. The van der Waals surface area contributed by atoms with Gasteiger partial charge in [-0.15, -0.1) is 0 Å². The van der Waals surface area contributed by atoms with Crippen LogP contribution in [-0.4, -0.2) is 10.5 Å². The van der Waals surface area contributed by atoms with Crippen molar-refractivity contribution in [2.24, 2.45) is 5.73 Å². The molecule has 0 bridgehead atoms. The molecule has 0 aliphatic carbocycles. The summed E-state index contributed by atoms with van der Waals surface area (Å²) in [7, 11) is 0. The van der Waals surface area contributed by atoms with Crippen molar-refractivity contribution in [3.8, 4) is 11.1 Å². The minimum Gasteiger partial charge on any atom is -0.366 e. The van der Waals surface area contributed by atoms with Crippen molar-refractivity contribution in [2.45, 2.75) is 6.54 Å². The summed E-state index contributed by atoms with van der Waals surface area (Å²) >= 11 is 12.4. The van der Waals surface area contributed by atoms with Crippen LogP contribution in [0.5, 0.6) is 0 Å². The topological polar surface area (TPSA) is 48.0 Å². The Bertz CT molecular complexity index is 1630. The first-order valence-electron chi connectivity index (χ1n) is 10.2. The molecule has 0 saturated carbocycles. The molecule has 5 aromatic rings. The molecule has 0 radical (unpaired) electrons. The Balaban J connectivity index is 1.84. The van der Waals surface area contributed by atoms with Crippen molar-refractivity contribution in [2.75, 3.05) is 0 Å². The standard InChI is InChI=1S/C26H15Cl2F3N2O/c27-14-5-7-15(19(28)11-14)13-4-6-16-23(10-13)33(12-18-20(29)8-9-21(30)25(18)31)22-3-1-2-17(24(16)22)26(32)34/h1-11H,12H2,(H2,32,34). The molecule has 0 atom stereocenters. The highest BCUT2D eigenvalue weighted by atomic mass is 35.5. The zero-order valence-electron chi connectivity index (χ0n) is 17.4. The first-order chi connectivity index (χ1) is 16.3. The summed E-state index contributed by atoms with van der Waals surface area (Å²) in [6, 6.07) is 17.0. The first-order valence-corrected chi connectivity index (χ1v) is 10.9. The fourth-order valence-corrected chi connectivity index (χ4v) is 4.80. The summed E-state index contributed by atoms with van der Waals surface area (Å²) in [5.74, 6) is -3.93. The number of nitrogens with zero attached hydrogens (tertiary/aromatic N) is 1. The van der Waals surface area contributed by atoms with Crippen LogP contribution < -0.4 is 5.73 Å². The maximum atomic E-state index is 14.6. The molecule has 0 unspecified atom stereocenters. The van der Waals surface area contributed by atoms with Crippen LogP contribution in [0.15, 0.2) is 66.7 Å². The van der Waals surface area contributed by atoms with E-state index in [-0.39, 0.29) is 12.1 Å². The lowest BCUT2D eigenvalue weighted by atomic mass is 10.0. The molecule has 1 amide bonds. The third-order valence-electron chi connectivity index (χ3n) is 5.85. The van der Waals surface area contributed by atoms with Crippen molar-refractivity contribution >= 4 is 50.9 Å². The highest BCUT2D eigenvalue weighted by Gasteiger charge is 2.21. The number of carbonyl (C=O) groups excluding carboxylic acids is 1. The van der Waals surface area contributed by atoms with Gasteiger partial charge in [0.05, 0.1) is 17.6 Å². The number of halogens is 5. The van der Waals surface area contributed by atoms with Crippen molar-refractivity contribution < 1.29 is 18.0 Å². The van der Waals surface area contributed by atoms with Gasteiger partial charge < -0.3 is 10.3 Å². The van der Waals surface area contributed by atoms with Gasteiger partial charge in [-0.3, -0.25) is 4.79 Å². The van der Waals surface area contributed by atoms with Crippen molar-refractivity contribution in [1.82, 2.24) is 4.57 Å². The van der Waals surface area contributed by atoms with Gasteiger partial charge >= 0.3 is 0 Å². The van der Waals surface area contributed by atoms with E-state index in [1.54, 1.807) is 53.1 Å². The summed E-state index contributed by atoms with van der Waals surface area (Å²) < 4.78 is 44.6. The number of aromatic nitrogens is 1. The van der Waals surface area contributed by atoms with Gasteiger partial charge in [-0.25, -0.2) is 13.2 Å². The fraction of sp³-hybridized carbons (Fsp3) is 0.0385. The molecule has 3 nitrogen and oxygen atoms in total. The molecule has 1 heterocycles. The van der Waals surface area contributed by atoms with E-state index in [2.05, 4.69) is 0 Å². The van der Waals surface area contributed by atoms with Gasteiger partial charge in [0.25, 0.3) is 0 Å². The molecule has 4 aromatic carbocycles. The molecular weight excluding hydrogens is 484 g/mol. The third kappa shape index (κ3) is 3.59. The number of nitrogens with two attached hydrogens (primary N) is 1. The minimum absolute atomic E-state index is 0.263. The average molecular weight is 499 g/mol. The minimum atomic E-state index is -1.27. The molecule has 5 rings (SSSR count). The molecule has 34 heavy (non-hydrogen) atoms. The van der Waals surface area contributed by atoms with Gasteiger partial charge in [0.1, 0.15) is 5.82 Å². The van der Waals surface area contributed by atoms with Crippen LogP contribution in [0.3, 0.4) is 0 Å². The smallest absolute Gasteiger partial charge is 0.249 e. The molecule has 0 aliphatic rings. The fourth-order valence-electron chi connectivity index (χ4n) is 4.28. The van der Waals surface area contributed by atoms with E-state index in [0.29, 0.717) is 37.4 Å².